The third-order valence-corrected chi connectivity index (χ3v) is 3.69. The molecule has 1 atom stereocenters. The van der Waals surface area contributed by atoms with Crippen LogP contribution < -0.4 is 15.8 Å². The summed E-state index contributed by atoms with van der Waals surface area (Å²) in [5.41, 5.74) is 5.93. The quantitative estimate of drug-likeness (QED) is 0.601. The molecule has 0 spiro atoms. The van der Waals surface area contributed by atoms with Gasteiger partial charge >= 0.3 is 0 Å². The molecule has 0 rings (SSSR count). The first-order valence-electron chi connectivity index (χ1n) is 5.99. The van der Waals surface area contributed by atoms with E-state index in [1.165, 1.54) is 7.05 Å². The molecule has 6 nitrogen and oxygen atoms in total. The molecule has 0 aromatic rings. The third-order valence-electron chi connectivity index (χ3n) is 2.33. The van der Waals surface area contributed by atoms with E-state index < -0.39 is 10.0 Å². The Morgan fingerprint density at radius 2 is 1.89 bits per heavy atom. The first-order valence-corrected chi connectivity index (χ1v) is 7.64. The van der Waals surface area contributed by atoms with Crippen LogP contribution in [0.4, 0.5) is 0 Å². The Kier molecular flexibility index (Phi) is 6.80. The van der Waals surface area contributed by atoms with Crippen molar-refractivity contribution < 1.29 is 13.2 Å². The molecule has 0 fully saturated rings. The lowest BCUT2D eigenvalue weighted by Crippen LogP contribution is -2.37. The molecular formula is C11H25N3O3S. The first-order chi connectivity index (χ1) is 8.06. The molecule has 0 aromatic heterocycles. The monoisotopic (exact) mass is 279 g/mol. The minimum Gasteiger partial charge on any atom is -0.355 e. The van der Waals surface area contributed by atoms with Gasteiger partial charge in [-0.2, -0.15) is 0 Å². The molecule has 1 unspecified atom stereocenters. The molecule has 0 saturated carbocycles. The predicted molar refractivity (Wildman–Crippen MR) is 72.5 cm³/mol. The van der Waals surface area contributed by atoms with Crippen molar-refractivity contribution in [3.63, 3.8) is 0 Å². The van der Waals surface area contributed by atoms with Gasteiger partial charge in [-0.1, -0.05) is 20.8 Å². The summed E-state index contributed by atoms with van der Waals surface area (Å²) in [6.07, 6.45) is 0.964. The van der Waals surface area contributed by atoms with Gasteiger partial charge in [-0.25, -0.2) is 13.1 Å². The second kappa shape index (κ2) is 7.06. The van der Waals surface area contributed by atoms with Gasteiger partial charge in [-0.3, -0.25) is 4.79 Å². The van der Waals surface area contributed by atoms with Crippen molar-refractivity contribution in [2.75, 3.05) is 19.3 Å². The second-order valence-electron chi connectivity index (χ2n) is 5.60. The van der Waals surface area contributed by atoms with Crippen molar-refractivity contribution >= 4 is 15.9 Å². The SMILES string of the molecule is CNS(=O)(=O)CCNC(=O)CC(N)CC(C)(C)C. The molecule has 4 N–H and O–H groups in total. The van der Waals surface area contributed by atoms with Crippen LogP contribution in [-0.2, 0) is 14.8 Å². The van der Waals surface area contributed by atoms with E-state index in [2.05, 4.69) is 30.8 Å². The molecule has 108 valence electrons. The summed E-state index contributed by atoms with van der Waals surface area (Å²) in [5.74, 6) is -0.331. The standard InChI is InChI=1S/C11H25N3O3S/c1-11(2,3)8-9(12)7-10(15)14-5-6-18(16,17)13-4/h9,13H,5-8,12H2,1-4H3,(H,14,15). The number of nitrogens with two attached hydrogens (primary N) is 1. The van der Waals surface area contributed by atoms with E-state index in [0.29, 0.717) is 0 Å². The second-order valence-corrected chi connectivity index (χ2v) is 7.65. The Morgan fingerprint density at radius 1 is 1.33 bits per heavy atom. The number of nitrogens with one attached hydrogen (secondary N) is 2. The number of sulfonamides is 1. The zero-order chi connectivity index (χ0) is 14.4. The van der Waals surface area contributed by atoms with Crippen LogP contribution in [0.3, 0.4) is 0 Å². The maximum absolute atomic E-state index is 11.5. The molecular weight excluding hydrogens is 254 g/mol. The lowest BCUT2D eigenvalue weighted by molar-refractivity contribution is -0.121. The number of rotatable bonds is 7. The van der Waals surface area contributed by atoms with Crippen molar-refractivity contribution in [1.29, 1.82) is 0 Å². The fourth-order valence-electron chi connectivity index (χ4n) is 1.60. The van der Waals surface area contributed by atoms with Crippen molar-refractivity contribution in [3.05, 3.63) is 0 Å². The van der Waals surface area contributed by atoms with E-state index in [0.717, 1.165) is 6.42 Å². The van der Waals surface area contributed by atoms with Crippen LogP contribution in [0.15, 0.2) is 0 Å². The lowest BCUT2D eigenvalue weighted by Gasteiger charge is -2.22. The average Bonchev–Trinajstić information content (AvgIpc) is 2.13. The zero-order valence-electron chi connectivity index (χ0n) is 11.6. The van der Waals surface area contributed by atoms with Gasteiger partial charge in [0.2, 0.25) is 15.9 Å². The summed E-state index contributed by atoms with van der Waals surface area (Å²) >= 11 is 0. The van der Waals surface area contributed by atoms with Crippen molar-refractivity contribution in [1.82, 2.24) is 10.0 Å². The summed E-state index contributed by atoms with van der Waals surface area (Å²) in [4.78, 5) is 11.5. The molecule has 0 aliphatic carbocycles. The summed E-state index contributed by atoms with van der Waals surface area (Å²) in [7, 11) is -1.92. The van der Waals surface area contributed by atoms with Crippen molar-refractivity contribution in [2.45, 2.75) is 39.7 Å². The molecule has 1 amide bonds. The van der Waals surface area contributed by atoms with E-state index in [4.69, 9.17) is 5.73 Å². The molecule has 0 aliphatic heterocycles. The topological polar surface area (TPSA) is 101 Å². The molecule has 0 heterocycles. The van der Waals surface area contributed by atoms with Gasteiger partial charge in [0, 0.05) is 19.0 Å². The van der Waals surface area contributed by atoms with Crippen LogP contribution in [0.2, 0.25) is 0 Å². The molecule has 0 saturated heterocycles. The predicted octanol–water partition coefficient (Wildman–Crippen LogP) is -0.195. The number of carbonyl (C=O) groups is 1. The highest BCUT2D eigenvalue weighted by Gasteiger charge is 2.18. The Hall–Kier alpha value is -0.660. The Balaban J connectivity index is 3.92. The van der Waals surface area contributed by atoms with Crippen molar-refractivity contribution in [2.24, 2.45) is 11.1 Å². The fourth-order valence-corrected chi connectivity index (χ4v) is 2.17. The van der Waals surface area contributed by atoms with Gasteiger partial charge in [-0.05, 0) is 18.9 Å². The number of hydrogen-bond acceptors (Lipinski definition) is 4. The highest BCUT2D eigenvalue weighted by Crippen LogP contribution is 2.20. The normalized spacial score (nSPS) is 14.3. The summed E-state index contributed by atoms with van der Waals surface area (Å²) in [6, 6.07) is -0.203. The van der Waals surface area contributed by atoms with E-state index in [9.17, 15) is 13.2 Å². The maximum Gasteiger partial charge on any atom is 0.221 e. The Bertz CT molecular complexity index is 360. The first kappa shape index (κ1) is 17.3. The molecule has 0 aliphatic rings. The summed E-state index contributed by atoms with van der Waals surface area (Å²) in [5, 5.41) is 2.55. The highest BCUT2D eigenvalue weighted by molar-refractivity contribution is 7.89. The highest BCUT2D eigenvalue weighted by atomic mass is 32.2. The van der Waals surface area contributed by atoms with Crippen LogP contribution in [0, 0.1) is 5.41 Å². The molecule has 0 radical (unpaired) electrons. The van der Waals surface area contributed by atoms with Crippen LogP contribution in [0.5, 0.6) is 0 Å². The molecule has 18 heavy (non-hydrogen) atoms. The Labute approximate surface area is 110 Å². The number of amides is 1. The van der Waals surface area contributed by atoms with Crippen LogP contribution >= 0.6 is 0 Å². The fraction of sp³-hybridized carbons (Fsp3) is 0.909. The van der Waals surface area contributed by atoms with Gasteiger partial charge in [0.05, 0.1) is 5.75 Å². The van der Waals surface area contributed by atoms with Crippen LogP contribution in [0.1, 0.15) is 33.6 Å². The summed E-state index contributed by atoms with van der Waals surface area (Å²) < 4.78 is 24.4. The van der Waals surface area contributed by atoms with Crippen LogP contribution in [0.25, 0.3) is 0 Å². The van der Waals surface area contributed by atoms with E-state index >= 15 is 0 Å². The molecule has 0 bridgehead atoms. The third kappa shape index (κ3) is 9.38. The largest absolute Gasteiger partial charge is 0.355 e. The van der Waals surface area contributed by atoms with Crippen LogP contribution in [-0.4, -0.2) is 39.7 Å². The van der Waals surface area contributed by atoms with E-state index in [-0.39, 0.29) is 36.1 Å². The van der Waals surface area contributed by atoms with Gasteiger partial charge < -0.3 is 11.1 Å². The number of hydrogen-bond donors (Lipinski definition) is 3. The van der Waals surface area contributed by atoms with E-state index in [1.54, 1.807) is 0 Å². The molecule has 7 heteroatoms. The Morgan fingerprint density at radius 3 is 2.33 bits per heavy atom. The van der Waals surface area contributed by atoms with Gasteiger partial charge in [0.25, 0.3) is 0 Å². The maximum atomic E-state index is 11.5. The van der Waals surface area contributed by atoms with Gasteiger partial charge in [-0.15, -0.1) is 0 Å². The minimum absolute atomic E-state index is 0.0785. The van der Waals surface area contributed by atoms with E-state index in [1.807, 2.05) is 0 Å². The average molecular weight is 279 g/mol. The lowest BCUT2D eigenvalue weighted by atomic mass is 9.87. The van der Waals surface area contributed by atoms with Crippen molar-refractivity contribution in [3.8, 4) is 0 Å². The summed E-state index contributed by atoms with van der Waals surface area (Å²) in [6.45, 7) is 6.28. The minimum atomic E-state index is -3.27. The zero-order valence-corrected chi connectivity index (χ0v) is 12.4. The van der Waals surface area contributed by atoms with Gasteiger partial charge in [0.15, 0.2) is 0 Å². The smallest absolute Gasteiger partial charge is 0.221 e. The molecule has 0 aromatic carbocycles. The number of carbonyl (C=O) groups excluding carboxylic acids is 1. The van der Waals surface area contributed by atoms with Gasteiger partial charge in [0.1, 0.15) is 0 Å².